The Kier molecular flexibility index (Phi) is 52.7. The molecule has 0 aliphatic carbocycles. The van der Waals surface area contributed by atoms with Crippen molar-refractivity contribution in [3.63, 3.8) is 0 Å². The molecule has 0 saturated carbocycles. The first-order valence-electron chi connectivity index (χ1n) is 0.632. The van der Waals surface area contributed by atoms with Crippen LogP contribution in [0.2, 0.25) is 0 Å². The molecule has 0 aliphatic heterocycles. The Balaban J connectivity index is -0.0000000150. The van der Waals surface area contributed by atoms with Crippen LogP contribution in [0.15, 0.2) is 0 Å². The van der Waals surface area contributed by atoms with Crippen LogP contribution in [0, 0.1) is 0 Å². The van der Waals surface area contributed by atoms with Gasteiger partial charge in [-0.15, -0.1) is 0 Å². The molecule has 7 heteroatoms. The maximum Gasteiger partial charge on any atom is 1.00 e. The molecule has 0 aromatic carbocycles. The van der Waals surface area contributed by atoms with Crippen molar-refractivity contribution >= 4 is 18.2 Å². The van der Waals surface area contributed by atoms with Gasteiger partial charge in [-0.25, -0.2) is 0 Å². The maximum absolute atomic E-state index is 8.63. The topological polar surface area (TPSA) is 91.9 Å². The molecule has 0 fully saturated rings. The largest absolute Gasteiger partial charge is 1.00 e. The van der Waals surface area contributed by atoms with Gasteiger partial charge in [-0.3, -0.25) is 0 Å². The summed E-state index contributed by atoms with van der Waals surface area (Å²) in [4.78, 5) is 15.7. The van der Waals surface area contributed by atoms with Gasteiger partial charge in [-0.2, -0.15) is 9.90 Å². The summed E-state index contributed by atoms with van der Waals surface area (Å²) in [6.45, 7) is 0. The van der Waals surface area contributed by atoms with Gasteiger partial charge in [-0.1, -0.05) is 0 Å². The van der Waals surface area contributed by atoms with E-state index >= 15 is 0 Å². The van der Waals surface area contributed by atoms with E-state index < -0.39 is 8.25 Å². The summed E-state index contributed by atoms with van der Waals surface area (Å²) in [5, 5.41) is 0. The van der Waals surface area contributed by atoms with Crippen molar-refractivity contribution in [2.45, 2.75) is 0 Å². The van der Waals surface area contributed by atoms with Crippen molar-refractivity contribution in [2.75, 3.05) is 0 Å². The molecule has 0 amide bonds. The molecule has 0 aromatic heterocycles. The van der Waals surface area contributed by atoms with Gasteiger partial charge in [0.2, 0.25) is 0 Å². The fraction of sp³-hybridized carbons (Fsp3) is 0. The zero-order valence-electron chi connectivity index (χ0n) is 3.97. The Morgan fingerprint density at radius 2 is 1.57 bits per heavy atom. The molecule has 0 radical (unpaired) electrons. The SMILES string of the molecule is O.O=[PH]([O-])O.P.[Na+]. The summed E-state index contributed by atoms with van der Waals surface area (Å²) in [5.74, 6) is 0. The predicted molar refractivity (Wildman–Crippen MR) is 25.9 cm³/mol. The van der Waals surface area contributed by atoms with Gasteiger partial charge in [0.25, 0.3) is 0 Å². The van der Waals surface area contributed by atoms with Crippen LogP contribution in [0.3, 0.4) is 0 Å². The second-order valence-electron chi connectivity index (χ2n) is 0.266. The van der Waals surface area contributed by atoms with E-state index in [1.807, 2.05) is 0 Å². The molecule has 0 saturated heterocycles. The van der Waals surface area contributed by atoms with Crippen LogP contribution < -0.4 is 34.5 Å². The quantitative estimate of drug-likeness (QED) is 0.281. The molecular formula is H7NaO4P2. The standard InChI is InChI=1S/Na.H3O3P.H2O.H3P/c;1-4(2)3;;/h;4H,(H2,1,2,3);1H2;1H3/q+1;;;/p-1. The Morgan fingerprint density at radius 3 is 1.57 bits per heavy atom. The summed E-state index contributed by atoms with van der Waals surface area (Å²) in [7, 11) is -3.38. The fourth-order valence-electron chi connectivity index (χ4n) is 0. The molecule has 3 N–H and O–H groups in total. The molecule has 4 nitrogen and oxygen atoms in total. The number of hydrogen-bond acceptors (Lipinski definition) is 2. The van der Waals surface area contributed by atoms with Gasteiger partial charge in [0, 0.05) is 0 Å². The van der Waals surface area contributed by atoms with E-state index in [9.17, 15) is 0 Å². The van der Waals surface area contributed by atoms with Crippen molar-refractivity contribution in [3.8, 4) is 0 Å². The van der Waals surface area contributed by atoms with Gasteiger partial charge < -0.3 is 19.8 Å². The first kappa shape index (κ1) is 23.6. The molecule has 0 bridgehead atoms. The third-order valence-corrected chi connectivity index (χ3v) is 0. The Hall–Kier alpha value is 1.54. The van der Waals surface area contributed by atoms with Crippen LogP contribution in [0.1, 0.15) is 0 Å². The molecule has 2 unspecified atom stereocenters. The first-order valence-corrected chi connectivity index (χ1v) is 1.90. The first-order chi connectivity index (χ1) is 1.73. The number of rotatable bonds is 0. The second kappa shape index (κ2) is 15.6. The van der Waals surface area contributed by atoms with E-state index in [2.05, 4.69) is 0 Å². The second-order valence-corrected chi connectivity index (χ2v) is 0.798. The van der Waals surface area contributed by atoms with Gasteiger partial charge in [0.1, 0.15) is 8.25 Å². The average molecular weight is 156 g/mol. The van der Waals surface area contributed by atoms with Crippen molar-refractivity contribution < 1.29 is 49.4 Å². The van der Waals surface area contributed by atoms with Crippen LogP contribution >= 0.6 is 18.2 Å². The van der Waals surface area contributed by atoms with Crippen LogP contribution in [-0.2, 0) is 4.57 Å². The molecule has 0 rings (SSSR count). The monoisotopic (exact) mass is 156 g/mol. The molecule has 2 atom stereocenters. The maximum atomic E-state index is 8.63. The molecule has 0 heterocycles. The van der Waals surface area contributed by atoms with Gasteiger partial charge in [-0.05, 0) is 0 Å². The molecule has 0 aliphatic rings. The normalized spacial score (nSPS) is 8.86. The Morgan fingerprint density at radius 1 is 1.57 bits per heavy atom. The zero-order valence-corrected chi connectivity index (χ0v) is 8.39. The van der Waals surface area contributed by atoms with Crippen molar-refractivity contribution in [1.82, 2.24) is 0 Å². The van der Waals surface area contributed by atoms with Crippen molar-refractivity contribution in [2.24, 2.45) is 0 Å². The Labute approximate surface area is 67.5 Å². The van der Waals surface area contributed by atoms with Crippen LogP contribution in [-0.4, -0.2) is 10.4 Å². The molecular weight excluding hydrogens is 149 g/mol. The zero-order chi connectivity index (χ0) is 3.58. The Bertz CT molecular complexity index is 32.7. The minimum atomic E-state index is -3.38. The van der Waals surface area contributed by atoms with E-state index in [1.54, 1.807) is 0 Å². The third kappa shape index (κ3) is 97.6. The van der Waals surface area contributed by atoms with E-state index in [-0.39, 0.29) is 44.9 Å². The molecule has 0 aromatic rings. The fourth-order valence-corrected chi connectivity index (χ4v) is 0. The van der Waals surface area contributed by atoms with Crippen molar-refractivity contribution in [3.05, 3.63) is 0 Å². The minimum Gasteiger partial charge on any atom is -0.781 e. The van der Waals surface area contributed by atoms with Crippen LogP contribution in [0.5, 0.6) is 0 Å². The molecule has 42 valence electrons. The predicted octanol–water partition coefficient (Wildman–Crippen LogP) is -5.03. The average Bonchev–Trinajstić information content (AvgIpc) is 0.811. The summed E-state index contributed by atoms with van der Waals surface area (Å²) in [6.07, 6.45) is 0. The van der Waals surface area contributed by atoms with Gasteiger partial charge in [0.05, 0.1) is 0 Å². The summed E-state index contributed by atoms with van der Waals surface area (Å²) in [5.41, 5.74) is 0. The molecule has 0 spiro atoms. The summed E-state index contributed by atoms with van der Waals surface area (Å²) >= 11 is 0. The van der Waals surface area contributed by atoms with E-state index in [4.69, 9.17) is 14.4 Å². The molecule has 7 heavy (non-hydrogen) atoms. The van der Waals surface area contributed by atoms with E-state index in [0.717, 1.165) is 0 Å². The van der Waals surface area contributed by atoms with E-state index in [1.165, 1.54) is 0 Å². The third-order valence-electron chi connectivity index (χ3n) is 0. The minimum absolute atomic E-state index is 0. The van der Waals surface area contributed by atoms with Gasteiger partial charge in [0.15, 0.2) is 0 Å². The smallest absolute Gasteiger partial charge is 0.781 e. The summed E-state index contributed by atoms with van der Waals surface area (Å²) in [6, 6.07) is 0. The van der Waals surface area contributed by atoms with E-state index in [0.29, 0.717) is 0 Å². The van der Waals surface area contributed by atoms with Crippen LogP contribution in [0.4, 0.5) is 0 Å². The van der Waals surface area contributed by atoms with Crippen molar-refractivity contribution in [1.29, 1.82) is 0 Å². The van der Waals surface area contributed by atoms with Crippen LogP contribution in [0.25, 0.3) is 0 Å². The van der Waals surface area contributed by atoms with Gasteiger partial charge >= 0.3 is 29.6 Å². The number of hydrogen-bond donors (Lipinski definition) is 1. The summed E-state index contributed by atoms with van der Waals surface area (Å²) < 4.78 is 8.63.